The third-order valence-corrected chi connectivity index (χ3v) is 4.14. The molecule has 1 aromatic carbocycles. The highest BCUT2D eigenvalue weighted by molar-refractivity contribution is 9.11. The summed E-state index contributed by atoms with van der Waals surface area (Å²) in [5, 5.41) is 12.0. The Balaban J connectivity index is 1.85. The molecule has 0 fully saturated rings. The maximum atomic E-state index is 10.7. The highest BCUT2D eigenvalue weighted by Crippen LogP contribution is 2.22. The van der Waals surface area contributed by atoms with Crippen LogP contribution in [0.3, 0.4) is 0 Å². The molecule has 2 aromatic rings. The molecule has 0 aliphatic carbocycles. The van der Waals surface area contributed by atoms with Crippen LogP contribution in [0.15, 0.2) is 40.2 Å². The zero-order valence-electron chi connectivity index (χ0n) is 9.52. The molecule has 0 amide bonds. The minimum absolute atomic E-state index is 0.308. The predicted molar refractivity (Wildman–Crippen MR) is 77.6 cm³/mol. The van der Waals surface area contributed by atoms with E-state index in [1.54, 1.807) is 35.6 Å². The highest BCUT2D eigenvalue weighted by Gasteiger charge is 2.01. The first-order chi connectivity index (χ1) is 8.65. The highest BCUT2D eigenvalue weighted by atomic mass is 79.9. The molecule has 0 saturated heterocycles. The summed E-state index contributed by atoms with van der Waals surface area (Å²) in [6, 6.07) is 10.9. The third-order valence-electron chi connectivity index (χ3n) is 2.46. The fraction of sp³-hybridized carbons (Fsp3) is 0.154. The maximum Gasteiger partial charge on any atom is 0.335 e. The molecule has 94 valence electrons. The fourth-order valence-electron chi connectivity index (χ4n) is 1.55. The molecule has 2 N–H and O–H groups in total. The number of thiophene rings is 1. The summed E-state index contributed by atoms with van der Waals surface area (Å²) < 4.78 is 1.14. The van der Waals surface area contributed by atoms with E-state index in [-0.39, 0.29) is 0 Å². The Morgan fingerprint density at radius 3 is 2.50 bits per heavy atom. The first-order valence-electron chi connectivity index (χ1n) is 5.46. The van der Waals surface area contributed by atoms with E-state index in [1.165, 1.54) is 4.88 Å². The Bertz CT molecular complexity index is 536. The molecule has 0 saturated carbocycles. The lowest BCUT2D eigenvalue weighted by atomic mass is 10.2. The van der Waals surface area contributed by atoms with E-state index in [0.717, 1.165) is 22.4 Å². The van der Waals surface area contributed by atoms with E-state index < -0.39 is 5.97 Å². The number of hydrogen-bond donors (Lipinski definition) is 2. The van der Waals surface area contributed by atoms with Crippen LogP contribution < -0.4 is 5.32 Å². The van der Waals surface area contributed by atoms with Gasteiger partial charge in [-0.3, -0.25) is 0 Å². The molecule has 0 spiro atoms. The van der Waals surface area contributed by atoms with E-state index in [9.17, 15) is 4.79 Å². The molecule has 2 rings (SSSR count). The van der Waals surface area contributed by atoms with Crippen molar-refractivity contribution in [2.45, 2.75) is 6.42 Å². The molecule has 18 heavy (non-hydrogen) atoms. The van der Waals surface area contributed by atoms with Crippen LogP contribution >= 0.6 is 27.3 Å². The van der Waals surface area contributed by atoms with Gasteiger partial charge < -0.3 is 10.4 Å². The molecule has 0 atom stereocenters. The summed E-state index contributed by atoms with van der Waals surface area (Å²) in [4.78, 5) is 12.0. The third kappa shape index (κ3) is 3.58. The number of anilines is 1. The second kappa shape index (κ2) is 6.02. The maximum absolute atomic E-state index is 10.7. The van der Waals surface area contributed by atoms with Crippen molar-refractivity contribution in [3.8, 4) is 0 Å². The van der Waals surface area contributed by atoms with Gasteiger partial charge >= 0.3 is 5.97 Å². The van der Waals surface area contributed by atoms with Crippen LogP contribution in [0, 0.1) is 0 Å². The van der Waals surface area contributed by atoms with Gasteiger partial charge in [0, 0.05) is 17.1 Å². The molecule has 0 unspecified atom stereocenters. The van der Waals surface area contributed by atoms with E-state index in [4.69, 9.17) is 5.11 Å². The molecule has 1 aromatic heterocycles. The zero-order chi connectivity index (χ0) is 13.0. The monoisotopic (exact) mass is 325 g/mol. The van der Waals surface area contributed by atoms with Gasteiger partial charge in [-0.1, -0.05) is 0 Å². The minimum atomic E-state index is -0.898. The zero-order valence-corrected chi connectivity index (χ0v) is 11.9. The summed E-state index contributed by atoms with van der Waals surface area (Å²) in [5.74, 6) is -0.898. The van der Waals surface area contributed by atoms with Gasteiger partial charge in [0.15, 0.2) is 0 Å². The normalized spacial score (nSPS) is 10.3. The van der Waals surface area contributed by atoms with Crippen molar-refractivity contribution in [2.24, 2.45) is 0 Å². The van der Waals surface area contributed by atoms with Crippen molar-refractivity contribution >= 4 is 38.9 Å². The summed E-state index contributed by atoms with van der Waals surface area (Å²) in [6.45, 7) is 0.833. The van der Waals surface area contributed by atoms with E-state index in [2.05, 4.69) is 27.3 Å². The number of nitrogens with one attached hydrogen (secondary N) is 1. The van der Waals surface area contributed by atoms with Crippen LogP contribution in [0.1, 0.15) is 15.2 Å². The van der Waals surface area contributed by atoms with Crippen LogP contribution in [-0.2, 0) is 6.42 Å². The Morgan fingerprint density at radius 1 is 1.22 bits per heavy atom. The van der Waals surface area contributed by atoms with E-state index >= 15 is 0 Å². The quantitative estimate of drug-likeness (QED) is 0.877. The Kier molecular flexibility index (Phi) is 4.38. The summed E-state index contributed by atoms with van der Waals surface area (Å²) >= 11 is 5.16. The number of carbonyl (C=O) groups is 1. The first-order valence-corrected chi connectivity index (χ1v) is 7.07. The molecule has 0 radical (unpaired) electrons. The van der Waals surface area contributed by atoms with Gasteiger partial charge in [-0.15, -0.1) is 11.3 Å². The minimum Gasteiger partial charge on any atom is -0.478 e. The second-order valence-electron chi connectivity index (χ2n) is 3.77. The lowest BCUT2D eigenvalue weighted by Crippen LogP contribution is -2.04. The van der Waals surface area contributed by atoms with Gasteiger partial charge in [-0.2, -0.15) is 0 Å². The first kappa shape index (κ1) is 13.1. The standard InChI is InChI=1S/C13H12BrNO2S/c14-12-6-5-11(18-12)7-8-15-10-3-1-9(2-4-10)13(16)17/h1-6,15H,7-8H2,(H,16,17). The molecule has 1 heterocycles. The predicted octanol–water partition coefficient (Wildman–Crippen LogP) is 3.86. The van der Waals surface area contributed by atoms with Crippen LogP contribution in [0.25, 0.3) is 0 Å². The second-order valence-corrected chi connectivity index (χ2v) is 6.31. The Morgan fingerprint density at radius 2 is 1.94 bits per heavy atom. The van der Waals surface area contributed by atoms with Gasteiger partial charge in [0.1, 0.15) is 0 Å². The molecular weight excluding hydrogens is 314 g/mol. The largest absolute Gasteiger partial charge is 0.478 e. The van der Waals surface area contributed by atoms with Crippen LogP contribution in [0.2, 0.25) is 0 Å². The SMILES string of the molecule is O=C(O)c1ccc(NCCc2ccc(Br)s2)cc1. The number of benzene rings is 1. The fourth-order valence-corrected chi connectivity index (χ4v) is 3.03. The van der Waals surface area contributed by atoms with Gasteiger partial charge in [0.25, 0.3) is 0 Å². The van der Waals surface area contributed by atoms with Gasteiger partial charge in [0.05, 0.1) is 9.35 Å². The smallest absolute Gasteiger partial charge is 0.335 e. The number of carboxylic acids is 1. The average Bonchev–Trinajstić information content (AvgIpc) is 2.76. The van der Waals surface area contributed by atoms with Crippen molar-refractivity contribution in [1.82, 2.24) is 0 Å². The lowest BCUT2D eigenvalue weighted by Gasteiger charge is -2.05. The van der Waals surface area contributed by atoms with E-state index in [1.807, 2.05) is 6.07 Å². The van der Waals surface area contributed by atoms with Gasteiger partial charge in [0.2, 0.25) is 0 Å². The molecule has 0 bridgehead atoms. The van der Waals surface area contributed by atoms with Crippen LogP contribution in [0.4, 0.5) is 5.69 Å². The number of rotatable bonds is 5. The number of carboxylic acid groups (broad SMARTS) is 1. The van der Waals surface area contributed by atoms with Crippen molar-refractivity contribution in [3.05, 3.63) is 50.6 Å². The van der Waals surface area contributed by atoms with E-state index in [0.29, 0.717) is 5.56 Å². The summed E-state index contributed by atoms with van der Waals surface area (Å²) in [6.07, 6.45) is 0.955. The summed E-state index contributed by atoms with van der Waals surface area (Å²) in [5.41, 5.74) is 1.25. The molecule has 0 aliphatic rings. The average molecular weight is 326 g/mol. The van der Waals surface area contributed by atoms with Gasteiger partial charge in [-0.25, -0.2) is 4.79 Å². The number of halogens is 1. The van der Waals surface area contributed by atoms with Crippen LogP contribution in [0.5, 0.6) is 0 Å². The lowest BCUT2D eigenvalue weighted by molar-refractivity contribution is 0.0697. The number of hydrogen-bond acceptors (Lipinski definition) is 3. The molecule has 0 aliphatic heterocycles. The number of aromatic carboxylic acids is 1. The molecule has 3 nitrogen and oxygen atoms in total. The molecular formula is C13H12BrNO2S. The van der Waals surface area contributed by atoms with Crippen molar-refractivity contribution < 1.29 is 9.90 Å². The van der Waals surface area contributed by atoms with Crippen LogP contribution in [-0.4, -0.2) is 17.6 Å². The topological polar surface area (TPSA) is 49.3 Å². The van der Waals surface area contributed by atoms with Gasteiger partial charge in [-0.05, 0) is 58.7 Å². The Labute approximate surface area is 118 Å². The van der Waals surface area contributed by atoms with Crippen molar-refractivity contribution in [1.29, 1.82) is 0 Å². The molecule has 5 heteroatoms. The van der Waals surface area contributed by atoms with Crippen molar-refractivity contribution in [3.63, 3.8) is 0 Å². The Hall–Kier alpha value is -1.33. The van der Waals surface area contributed by atoms with Crippen molar-refractivity contribution in [2.75, 3.05) is 11.9 Å². The summed E-state index contributed by atoms with van der Waals surface area (Å²) in [7, 11) is 0.